The normalized spacial score (nSPS) is 14.7. The minimum absolute atomic E-state index is 0.0140. The summed E-state index contributed by atoms with van der Waals surface area (Å²) >= 11 is 0. The molecule has 0 aromatic heterocycles. The van der Waals surface area contributed by atoms with E-state index in [9.17, 15) is 14.4 Å². The number of carbonyl (C=O) groups excluding carboxylic acids is 3. The molecule has 30 heavy (non-hydrogen) atoms. The van der Waals surface area contributed by atoms with Crippen molar-refractivity contribution in [3.05, 3.63) is 53.6 Å². The second kappa shape index (κ2) is 8.86. The molecule has 1 aliphatic heterocycles. The lowest BCUT2D eigenvalue weighted by atomic mass is 10.1. The number of carbonyl (C=O) groups is 3. The van der Waals surface area contributed by atoms with Gasteiger partial charge >= 0.3 is 0 Å². The first-order valence-electron chi connectivity index (χ1n) is 9.93. The Hall–Kier alpha value is -3.55. The first kappa shape index (κ1) is 19.8. The zero-order valence-electron chi connectivity index (χ0n) is 16.4. The minimum Gasteiger partial charge on any atom is -0.484 e. The molecule has 1 heterocycles. The Morgan fingerprint density at radius 3 is 2.70 bits per heavy atom. The zero-order chi connectivity index (χ0) is 20.9. The zero-order valence-corrected chi connectivity index (χ0v) is 16.4. The van der Waals surface area contributed by atoms with E-state index in [-0.39, 0.29) is 30.9 Å². The molecule has 1 fully saturated rings. The largest absolute Gasteiger partial charge is 0.484 e. The second-order valence-electron chi connectivity index (χ2n) is 7.33. The van der Waals surface area contributed by atoms with Crippen LogP contribution in [0.2, 0.25) is 0 Å². The standard InChI is InChI=1S/C22H23N3O5/c26-20(24-16-4-5-16)12-29-17-6-1-14(2-7-17)9-10-23-22(28)15-3-8-18-19(11-15)30-13-21(27)25-18/h1-3,6-8,11,16H,4-5,9-10,12-13H2,(H,23,28)(H,24,26)(H,25,27). The van der Waals surface area contributed by atoms with Crippen molar-refractivity contribution in [2.45, 2.75) is 25.3 Å². The van der Waals surface area contributed by atoms with E-state index in [2.05, 4.69) is 16.0 Å². The van der Waals surface area contributed by atoms with Crippen LogP contribution < -0.4 is 25.4 Å². The monoisotopic (exact) mass is 409 g/mol. The highest BCUT2D eigenvalue weighted by Gasteiger charge is 2.23. The summed E-state index contributed by atoms with van der Waals surface area (Å²) in [5.41, 5.74) is 2.08. The molecule has 3 N–H and O–H groups in total. The van der Waals surface area contributed by atoms with Crippen LogP contribution in [-0.4, -0.2) is 43.5 Å². The van der Waals surface area contributed by atoms with Gasteiger partial charge in [0.2, 0.25) is 0 Å². The van der Waals surface area contributed by atoms with E-state index in [1.165, 1.54) is 0 Å². The van der Waals surface area contributed by atoms with Gasteiger partial charge in [0.15, 0.2) is 13.2 Å². The molecule has 2 aromatic carbocycles. The van der Waals surface area contributed by atoms with Crippen molar-refractivity contribution in [3.8, 4) is 11.5 Å². The molecule has 2 aliphatic rings. The lowest BCUT2D eigenvalue weighted by Crippen LogP contribution is -2.30. The minimum atomic E-state index is -0.211. The van der Waals surface area contributed by atoms with Gasteiger partial charge in [-0.15, -0.1) is 0 Å². The summed E-state index contributed by atoms with van der Waals surface area (Å²) in [6.07, 6.45) is 2.76. The summed E-state index contributed by atoms with van der Waals surface area (Å²) in [4.78, 5) is 35.3. The fourth-order valence-electron chi connectivity index (χ4n) is 3.04. The first-order valence-corrected chi connectivity index (χ1v) is 9.93. The molecule has 3 amide bonds. The Bertz CT molecular complexity index is 954. The summed E-state index contributed by atoms with van der Waals surface area (Å²) in [7, 11) is 0. The molecule has 0 bridgehead atoms. The van der Waals surface area contributed by atoms with Crippen LogP contribution >= 0.6 is 0 Å². The molecule has 1 saturated carbocycles. The average Bonchev–Trinajstić information content (AvgIpc) is 3.56. The second-order valence-corrected chi connectivity index (χ2v) is 7.33. The van der Waals surface area contributed by atoms with Crippen LogP contribution in [0.1, 0.15) is 28.8 Å². The Morgan fingerprint density at radius 2 is 1.93 bits per heavy atom. The highest BCUT2D eigenvalue weighted by Crippen LogP contribution is 2.28. The first-order chi connectivity index (χ1) is 14.6. The molecule has 1 aliphatic carbocycles. The molecule has 4 rings (SSSR count). The lowest BCUT2D eigenvalue weighted by molar-refractivity contribution is -0.123. The number of nitrogens with one attached hydrogen (secondary N) is 3. The van der Waals surface area contributed by atoms with Crippen molar-refractivity contribution < 1.29 is 23.9 Å². The summed E-state index contributed by atoms with van der Waals surface area (Å²) < 4.78 is 10.8. The molecule has 0 spiro atoms. The van der Waals surface area contributed by atoms with Crippen molar-refractivity contribution in [3.63, 3.8) is 0 Å². The van der Waals surface area contributed by atoms with Gasteiger partial charge in [0.25, 0.3) is 17.7 Å². The maximum absolute atomic E-state index is 12.4. The van der Waals surface area contributed by atoms with E-state index < -0.39 is 0 Å². The maximum atomic E-state index is 12.4. The van der Waals surface area contributed by atoms with Gasteiger partial charge < -0.3 is 25.4 Å². The Labute approximate surface area is 173 Å². The van der Waals surface area contributed by atoms with Gasteiger partial charge in [0.1, 0.15) is 11.5 Å². The van der Waals surface area contributed by atoms with Crippen molar-refractivity contribution in [1.29, 1.82) is 0 Å². The number of amides is 3. The molecule has 0 saturated heterocycles. The summed E-state index contributed by atoms with van der Waals surface area (Å²) in [6, 6.07) is 12.7. The molecular weight excluding hydrogens is 386 g/mol. The fraction of sp³-hybridized carbons (Fsp3) is 0.318. The van der Waals surface area contributed by atoms with Crippen LogP contribution in [0, 0.1) is 0 Å². The van der Waals surface area contributed by atoms with Gasteiger partial charge in [-0.3, -0.25) is 14.4 Å². The molecule has 2 aromatic rings. The molecule has 0 radical (unpaired) electrons. The third-order valence-corrected chi connectivity index (χ3v) is 4.81. The lowest BCUT2D eigenvalue weighted by Gasteiger charge is -2.18. The van der Waals surface area contributed by atoms with E-state index >= 15 is 0 Å². The highest BCUT2D eigenvalue weighted by molar-refractivity contribution is 5.99. The molecule has 8 heteroatoms. The number of benzene rings is 2. The Balaban J connectivity index is 1.21. The summed E-state index contributed by atoms with van der Waals surface area (Å²) in [5, 5.41) is 8.44. The van der Waals surface area contributed by atoms with Crippen LogP contribution in [0.15, 0.2) is 42.5 Å². The van der Waals surface area contributed by atoms with Crippen molar-refractivity contribution in [2.24, 2.45) is 0 Å². The van der Waals surface area contributed by atoms with Gasteiger partial charge in [0.05, 0.1) is 5.69 Å². The van der Waals surface area contributed by atoms with Crippen molar-refractivity contribution in [1.82, 2.24) is 10.6 Å². The SMILES string of the molecule is O=C1COc2cc(C(=O)NCCc3ccc(OCC(=O)NC4CC4)cc3)ccc2N1. The maximum Gasteiger partial charge on any atom is 0.262 e. The van der Waals surface area contributed by atoms with E-state index in [4.69, 9.17) is 9.47 Å². The van der Waals surface area contributed by atoms with Crippen LogP contribution in [0.3, 0.4) is 0 Å². The number of anilines is 1. The van der Waals surface area contributed by atoms with Crippen LogP contribution in [-0.2, 0) is 16.0 Å². The van der Waals surface area contributed by atoms with Gasteiger partial charge in [0, 0.05) is 18.2 Å². The molecule has 156 valence electrons. The topological polar surface area (TPSA) is 106 Å². The van der Waals surface area contributed by atoms with Crippen LogP contribution in [0.25, 0.3) is 0 Å². The van der Waals surface area contributed by atoms with E-state index in [0.29, 0.717) is 41.8 Å². The molecular formula is C22H23N3O5. The van der Waals surface area contributed by atoms with Gasteiger partial charge in [-0.1, -0.05) is 12.1 Å². The predicted octanol–water partition coefficient (Wildman–Crippen LogP) is 1.65. The number of hydrogen-bond donors (Lipinski definition) is 3. The van der Waals surface area contributed by atoms with E-state index in [1.807, 2.05) is 24.3 Å². The number of ether oxygens (including phenoxy) is 2. The smallest absolute Gasteiger partial charge is 0.262 e. The highest BCUT2D eigenvalue weighted by atomic mass is 16.5. The third kappa shape index (κ3) is 5.28. The number of rotatable bonds is 8. The fourth-order valence-corrected chi connectivity index (χ4v) is 3.04. The van der Waals surface area contributed by atoms with Gasteiger partial charge in [-0.2, -0.15) is 0 Å². The quantitative estimate of drug-likeness (QED) is 0.615. The van der Waals surface area contributed by atoms with E-state index in [0.717, 1.165) is 18.4 Å². The third-order valence-electron chi connectivity index (χ3n) is 4.81. The Kier molecular flexibility index (Phi) is 5.83. The summed E-state index contributed by atoms with van der Waals surface area (Å²) in [5.74, 6) is 0.607. The number of hydrogen-bond acceptors (Lipinski definition) is 5. The Morgan fingerprint density at radius 1 is 1.13 bits per heavy atom. The van der Waals surface area contributed by atoms with Crippen molar-refractivity contribution >= 4 is 23.4 Å². The summed E-state index contributed by atoms with van der Waals surface area (Å²) in [6.45, 7) is 0.431. The molecule has 0 atom stereocenters. The van der Waals surface area contributed by atoms with Gasteiger partial charge in [-0.25, -0.2) is 0 Å². The van der Waals surface area contributed by atoms with E-state index in [1.54, 1.807) is 18.2 Å². The van der Waals surface area contributed by atoms with Crippen LogP contribution in [0.4, 0.5) is 5.69 Å². The van der Waals surface area contributed by atoms with Crippen molar-refractivity contribution in [2.75, 3.05) is 25.1 Å². The molecule has 0 unspecified atom stereocenters. The molecule has 8 nitrogen and oxygen atoms in total. The predicted molar refractivity (Wildman–Crippen MR) is 110 cm³/mol. The number of fused-ring (bicyclic) bond motifs is 1. The van der Waals surface area contributed by atoms with Gasteiger partial charge in [-0.05, 0) is 55.2 Å². The average molecular weight is 409 g/mol. The van der Waals surface area contributed by atoms with Crippen LogP contribution in [0.5, 0.6) is 11.5 Å².